The van der Waals surface area contributed by atoms with Gasteiger partial charge in [0, 0.05) is 12.8 Å². The first-order chi connectivity index (χ1) is 28.5. The second-order valence-corrected chi connectivity index (χ2v) is 16.4. The van der Waals surface area contributed by atoms with Crippen molar-refractivity contribution in [3.8, 4) is 0 Å². The molecule has 0 aromatic rings. The summed E-state index contributed by atoms with van der Waals surface area (Å²) in [5, 5.41) is 0. The number of hydrogen-bond acceptors (Lipinski definition) is 8. The smallest absolute Gasteiger partial charge is 0.306 e. The quantitative estimate of drug-likeness (QED) is 0.0152. The number of phosphoric ester groups is 1. The summed E-state index contributed by atoms with van der Waals surface area (Å²) < 4.78 is 33.8. The van der Waals surface area contributed by atoms with Crippen LogP contribution >= 0.6 is 7.82 Å². The molecular formula is C49H78NO8P. The summed E-state index contributed by atoms with van der Waals surface area (Å²) in [6.45, 7) is 3.84. The molecule has 0 saturated heterocycles. The molecule has 9 nitrogen and oxygen atoms in total. The van der Waals surface area contributed by atoms with Gasteiger partial charge in [-0.3, -0.25) is 14.2 Å². The summed E-state index contributed by atoms with van der Waals surface area (Å²) in [6, 6.07) is 0. The number of nitrogens with zero attached hydrogens (tertiary/aromatic N) is 1. The van der Waals surface area contributed by atoms with E-state index < -0.39 is 32.5 Å². The molecule has 0 N–H and O–H groups in total. The maximum absolute atomic E-state index is 12.6. The average Bonchev–Trinajstić information content (AvgIpc) is 3.19. The van der Waals surface area contributed by atoms with Crippen LogP contribution < -0.4 is 4.89 Å². The Labute approximate surface area is 358 Å². The molecule has 0 rings (SSSR count). The van der Waals surface area contributed by atoms with Crippen LogP contribution in [0.15, 0.2) is 122 Å². The number of rotatable bonds is 37. The van der Waals surface area contributed by atoms with Gasteiger partial charge in [0.25, 0.3) is 7.82 Å². The number of allylic oxidation sites excluding steroid dienone is 20. The minimum atomic E-state index is -4.65. The second-order valence-electron chi connectivity index (χ2n) is 15.0. The molecule has 0 aliphatic rings. The number of esters is 2. The third-order valence-corrected chi connectivity index (χ3v) is 9.29. The van der Waals surface area contributed by atoms with Crippen LogP contribution in [0.3, 0.4) is 0 Å². The largest absolute Gasteiger partial charge is 0.756 e. The van der Waals surface area contributed by atoms with Gasteiger partial charge < -0.3 is 27.9 Å². The number of unbranched alkanes of at least 4 members (excludes halogenated alkanes) is 6. The molecule has 10 heteroatoms. The molecule has 0 spiro atoms. The Hall–Kier alpha value is -3.59. The van der Waals surface area contributed by atoms with Crippen LogP contribution in [0.1, 0.15) is 123 Å². The summed E-state index contributed by atoms with van der Waals surface area (Å²) in [7, 11) is 1.09. The number of carbonyl (C=O) groups excluding carboxylic acids is 2. The van der Waals surface area contributed by atoms with Crippen LogP contribution in [0.5, 0.6) is 0 Å². The van der Waals surface area contributed by atoms with Gasteiger partial charge in [-0.1, -0.05) is 148 Å². The Kier molecular flexibility index (Phi) is 37.4. The van der Waals surface area contributed by atoms with Crippen molar-refractivity contribution in [1.29, 1.82) is 0 Å². The molecule has 0 radical (unpaired) electrons. The number of hydrogen-bond donors (Lipinski definition) is 0. The van der Waals surface area contributed by atoms with E-state index in [1.165, 1.54) is 0 Å². The molecule has 332 valence electrons. The number of ether oxygens (including phenoxy) is 2. The summed E-state index contributed by atoms with van der Waals surface area (Å²) in [6.07, 6.45) is 55.2. The molecule has 0 amide bonds. The monoisotopic (exact) mass is 840 g/mol. The first kappa shape index (κ1) is 55.4. The van der Waals surface area contributed by atoms with Crippen molar-refractivity contribution in [1.82, 2.24) is 0 Å². The van der Waals surface area contributed by atoms with Crippen molar-refractivity contribution < 1.29 is 42.1 Å². The zero-order chi connectivity index (χ0) is 43.6. The first-order valence-corrected chi connectivity index (χ1v) is 23.3. The van der Waals surface area contributed by atoms with Crippen molar-refractivity contribution in [3.63, 3.8) is 0 Å². The summed E-state index contributed by atoms with van der Waals surface area (Å²) in [5.74, 6) is -0.935. The van der Waals surface area contributed by atoms with Crippen molar-refractivity contribution in [2.75, 3.05) is 47.5 Å². The van der Waals surface area contributed by atoms with Gasteiger partial charge >= 0.3 is 11.9 Å². The lowest BCUT2D eigenvalue weighted by Gasteiger charge is -2.28. The molecule has 2 atom stereocenters. The Bertz CT molecular complexity index is 1410. The number of carbonyl (C=O) groups is 2. The lowest BCUT2D eigenvalue weighted by Crippen LogP contribution is -2.37. The fourth-order valence-corrected chi connectivity index (χ4v) is 5.69. The van der Waals surface area contributed by atoms with E-state index in [1.54, 1.807) is 0 Å². The van der Waals surface area contributed by atoms with E-state index in [-0.39, 0.29) is 26.1 Å². The molecule has 0 aliphatic carbocycles. The van der Waals surface area contributed by atoms with Gasteiger partial charge in [-0.25, -0.2) is 0 Å². The maximum atomic E-state index is 12.6. The van der Waals surface area contributed by atoms with Crippen molar-refractivity contribution in [2.45, 2.75) is 129 Å². The summed E-state index contributed by atoms with van der Waals surface area (Å²) >= 11 is 0. The van der Waals surface area contributed by atoms with Gasteiger partial charge in [0.05, 0.1) is 27.7 Å². The molecule has 59 heavy (non-hydrogen) atoms. The molecule has 0 bridgehead atoms. The SMILES string of the molecule is CC/C=C/C=C/C=C/C=C/CCCCCC(=O)OC(COC(=O)CCCCC/C=C/C/C=C/C/C=C/C/C=C/C/C=C/C/C=C/CC)COP(=O)([O-])OCC[N+](C)(C)C. The molecular weight excluding hydrogens is 762 g/mol. The van der Waals surface area contributed by atoms with Gasteiger partial charge in [-0.05, 0) is 83.5 Å². The Morgan fingerprint density at radius 1 is 0.542 bits per heavy atom. The van der Waals surface area contributed by atoms with E-state index in [0.29, 0.717) is 23.9 Å². The summed E-state index contributed by atoms with van der Waals surface area (Å²) in [4.78, 5) is 37.5. The second kappa shape index (κ2) is 39.8. The normalized spacial score (nSPS) is 14.7. The van der Waals surface area contributed by atoms with Crippen LogP contribution in [-0.4, -0.2) is 70.0 Å². The topological polar surface area (TPSA) is 111 Å². The zero-order valence-electron chi connectivity index (χ0n) is 37.1. The van der Waals surface area contributed by atoms with Gasteiger partial charge in [0.1, 0.15) is 19.8 Å². The summed E-state index contributed by atoms with van der Waals surface area (Å²) in [5.41, 5.74) is 0. The molecule has 0 saturated carbocycles. The third kappa shape index (κ3) is 43.8. The molecule has 0 aromatic heterocycles. The zero-order valence-corrected chi connectivity index (χ0v) is 38.0. The molecule has 0 aromatic carbocycles. The van der Waals surface area contributed by atoms with Crippen molar-refractivity contribution in [3.05, 3.63) is 122 Å². The highest BCUT2D eigenvalue weighted by Gasteiger charge is 2.21. The van der Waals surface area contributed by atoms with Crippen LogP contribution in [-0.2, 0) is 32.7 Å². The number of likely N-dealkylation sites (N-methyl/N-ethyl adjacent to an activating group) is 1. The Morgan fingerprint density at radius 3 is 1.53 bits per heavy atom. The van der Waals surface area contributed by atoms with E-state index in [2.05, 4.69) is 98.9 Å². The minimum absolute atomic E-state index is 0.0526. The van der Waals surface area contributed by atoms with Crippen molar-refractivity contribution in [2.24, 2.45) is 0 Å². The van der Waals surface area contributed by atoms with Crippen LogP contribution in [0.4, 0.5) is 0 Å². The average molecular weight is 840 g/mol. The molecule has 0 heterocycles. The standard InChI is InChI=1S/C49H78NO8P/c1-6-8-10-12-14-16-18-20-21-22-23-24-25-26-27-28-30-31-33-35-37-39-41-48(51)55-45-47(46-57-59(53,54)56-44-43-50(3,4)5)58-49(52)42-40-38-36-34-32-29-19-17-15-13-11-9-7-2/h8-11,13-17,19-21,23-24,26-27,29-32,47H,6-7,12,18,22,25,28,33-46H2,1-5H3/b10-8+,11-9+,15-13+,16-14+,19-17+,21-20+,24-23+,27-26+,31-30+,32-29+. The van der Waals surface area contributed by atoms with E-state index in [1.807, 2.05) is 57.6 Å². The van der Waals surface area contributed by atoms with E-state index in [0.717, 1.165) is 83.5 Å². The maximum Gasteiger partial charge on any atom is 0.306 e. The van der Waals surface area contributed by atoms with Crippen LogP contribution in [0.25, 0.3) is 0 Å². The van der Waals surface area contributed by atoms with Gasteiger partial charge in [-0.15, -0.1) is 0 Å². The first-order valence-electron chi connectivity index (χ1n) is 21.8. The minimum Gasteiger partial charge on any atom is -0.756 e. The lowest BCUT2D eigenvalue weighted by molar-refractivity contribution is -0.870. The van der Waals surface area contributed by atoms with Crippen LogP contribution in [0, 0.1) is 0 Å². The van der Waals surface area contributed by atoms with Crippen LogP contribution in [0.2, 0.25) is 0 Å². The molecule has 0 aliphatic heterocycles. The Morgan fingerprint density at radius 2 is 1.00 bits per heavy atom. The van der Waals surface area contributed by atoms with Crippen molar-refractivity contribution >= 4 is 19.8 Å². The highest BCUT2D eigenvalue weighted by atomic mass is 31.2. The highest BCUT2D eigenvalue weighted by molar-refractivity contribution is 7.45. The van der Waals surface area contributed by atoms with E-state index >= 15 is 0 Å². The molecule has 2 unspecified atom stereocenters. The van der Waals surface area contributed by atoms with Gasteiger partial charge in [0.2, 0.25) is 0 Å². The predicted octanol–water partition coefficient (Wildman–Crippen LogP) is 11.9. The number of quaternary nitrogens is 1. The molecule has 0 fully saturated rings. The van der Waals surface area contributed by atoms with E-state index in [4.69, 9.17) is 18.5 Å². The number of phosphoric acid groups is 1. The fourth-order valence-electron chi connectivity index (χ4n) is 4.96. The Balaban J connectivity index is 4.48. The highest BCUT2D eigenvalue weighted by Crippen LogP contribution is 2.38. The van der Waals surface area contributed by atoms with Gasteiger partial charge in [-0.2, -0.15) is 0 Å². The van der Waals surface area contributed by atoms with E-state index in [9.17, 15) is 19.0 Å². The lowest BCUT2D eigenvalue weighted by atomic mass is 10.1. The van der Waals surface area contributed by atoms with Gasteiger partial charge in [0.15, 0.2) is 6.10 Å². The fraction of sp³-hybridized carbons (Fsp3) is 0.551. The third-order valence-electron chi connectivity index (χ3n) is 8.32. The predicted molar refractivity (Wildman–Crippen MR) is 244 cm³/mol.